The van der Waals surface area contributed by atoms with Gasteiger partial charge < -0.3 is 15.0 Å². The van der Waals surface area contributed by atoms with Crippen LogP contribution in [0.3, 0.4) is 0 Å². The molecule has 222 valence electrons. The molecule has 0 aliphatic rings. The van der Waals surface area contributed by atoms with Crippen molar-refractivity contribution in [2.45, 2.75) is 39.3 Å². The van der Waals surface area contributed by atoms with Gasteiger partial charge >= 0.3 is 0 Å². The molecule has 4 heterocycles. The van der Waals surface area contributed by atoms with Gasteiger partial charge in [0.25, 0.3) is 5.56 Å². The molecule has 4 aromatic heterocycles. The van der Waals surface area contributed by atoms with Crippen molar-refractivity contribution in [3.63, 3.8) is 0 Å². The van der Waals surface area contributed by atoms with Crippen LogP contribution >= 0.6 is 11.6 Å². The standard InChI is InChI=1S/C33H30ClN7O3/c1-5-44-33(3,4)32-36-16-20(17-37-32)22-12-9-13-23-25(22)31(43)41(21-10-7-6-8-11-21)28(27(23)34)19(2)40-30-26-24(42)14-15-35-29(26)38-18-39-30/h6-19H,5H2,1-4H3,(H2,35,38,39,40,42)/t19-/m0/s1. The fourth-order valence-corrected chi connectivity index (χ4v) is 5.88. The van der Waals surface area contributed by atoms with Crippen LogP contribution in [-0.4, -0.2) is 36.1 Å². The molecule has 0 saturated heterocycles. The highest BCUT2D eigenvalue weighted by Gasteiger charge is 2.26. The van der Waals surface area contributed by atoms with Crippen LogP contribution in [0.1, 0.15) is 45.3 Å². The number of hydrogen-bond acceptors (Lipinski definition) is 8. The average Bonchev–Trinajstić information content (AvgIpc) is 3.03. The summed E-state index contributed by atoms with van der Waals surface area (Å²) in [4.78, 5) is 48.0. The predicted octanol–water partition coefficient (Wildman–Crippen LogP) is 6.18. The van der Waals surface area contributed by atoms with E-state index in [0.717, 1.165) is 0 Å². The number of fused-ring (bicyclic) bond motifs is 2. The van der Waals surface area contributed by atoms with Crippen LogP contribution in [0.15, 0.2) is 89.1 Å². The molecular weight excluding hydrogens is 578 g/mol. The second-order valence-corrected chi connectivity index (χ2v) is 11.2. The Morgan fingerprint density at radius 2 is 1.73 bits per heavy atom. The molecule has 6 aromatic rings. The van der Waals surface area contributed by atoms with Gasteiger partial charge in [0.15, 0.2) is 11.3 Å². The van der Waals surface area contributed by atoms with Crippen LogP contribution in [0.2, 0.25) is 5.02 Å². The molecule has 10 nitrogen and oxygen atoms in total. The number of aromatic nitrogens is 6. The van der Waals surface area contributed by atoms with Crippen molar-refractivity contribution >= 4 is 39.2 Å². The number of anilines is 1. The fraction of sp³-hybridized carbons (Fsp3) is 0.212. The summed E-state index contributed by atoms with van der Waals surface area (Å²) in [5.41, 5.74) is 1.71. The first-order valence-corrected chi connectivity index (χ1v) is 14.6. The summed E-state index contributed by atoms with van der Waals surface area (Å²) in [7, 11) is 0. The Morgan fingerprint density at radius 3 is 2.45 bits per heavy atom. The van der Waals surface area contributed by atoms with E-state index in [4.69, 9.17) is 16.3 Å². The number of benzene rings is 2. The largest absolute Gasteiger partial charge is 0.368 e. The van der Waals surface area contributed by atoms with Gasteiger partial charge in [-0.3, -0.25) is 14.2 Å². The second kappa shape index (κ2) is 11.6. The first-order valence-electron chi connectivity index (χ1n) is 14.2. The monoisotopic (exact) mass is 607 g/mol. The van der Waals surface area contributed by atoms with Gasteiger partial charge in [0.2, 0.25) is 0 Å². The van der Waals surface area contributed by atoms with Crippen LogP contribution in [0, 0.1) is 0 Å². The van der Waals surface area contributed by atoms with E-state index in [1.807, 2.05) is 76.2 Å². The van der Waals surface area contributed by atoms with E-state index >= 15 is 0 Å². The first kappa shape index (κ1) is 29.2. The Balaban J connectivity index is 1.55. The maximum atomic E-state index is 14.6. The van der Waals surface area contributed by atoms with E-state index in [1.165, 1.54) is 18.6 Å². The maximum absolute atomic E-state index is 14.6. The molecule has 0 bridgehead atoms. The van der Waals surface area contributed by atoms with Crippen molar-refractivity contribution < 1.29 is 4.74 Å². The number of pyridine rings is 2. The summed E-state index contributed by atoms with van der Waals surface area (Å²) in [6, 6.07) is 15.7. The lowest BCUT2D eigenvalue weighted by Crippen LogP contribution is -2.27. The Labute approximate surface area is 257 Å². The van der Waals surface area contributed by atoms with Gasteiger partial charge in [0.1, 0.15) is 28.8 Å². The molecule has 0 amide bonds. The van der Waals surface area contributed by atoms with E-state index < -0.39 is 11.6 Å². The lowest BCUT2D eigenvalue weighted by molar-refractivity contribution is -0.0208. The second-order valence-electron chi connectivity index (χ2n) is 10.8. The molecule has 0 saturated carbocycles. The van der Waals surface area contributed by atoms with Crippen LogP contribution in [-0.2, 0) is 10.3 Å². The zero-order valence-corrected chi connectivity index (χ0v) is 25.4. The normalized spacial score (nSPS) is 12.5. The quantitative estimate of drug-likeness (QED) is 0.210. The van der Waals surface area contributed by atoms with Crippen LogP contribution in [0.25, 0.3) is 38.6 Å². The molecule has 0 aliphatic heterocycles. The molecule has 0 aliphatic carbocycles. The molecule has 2 N–H and O–H groups in total. The zero-order valence-electron chi connectivity index (χ0n) is 24.6. The Bertz CT molecular complexity index is 2100. The highest BCUT2D eigenvalue weighted by Crippen LogP contribution is 2.36. The Hall–Kier alpha value is -4.93. The minimum Gasteiger partial charge on any atom is -0.368 e. The fourth-order valence-electron chi connectivity index (χ4n) is 5.48. The van der Waals surface area contributed by atoms with Crippen molar-refractivity contribution in [1.82, 2.24) is 29.5 Å². The molecule has 11 heteroatoms. The summed E-state index contributed by atoms with van der Waals surface area (Å²) in [5, 5.41) is 5.02. The smallest absolute Gasteiger partial charge is 0.263 e. The lowest BCUT2D eigenvalue weighted by Gasteiger charge is -2.24. The molecule has 1 atom stereocenters. The topological polar surface area (TPSA) is 128 Å². The van der Waals surface area contributed by atoms with Gasteiger partial charge in [-0.1, -0.05) is 48.0 Å². The van der Waals surface area contributed by atoms with Crippen molar-refractivity contribution in [2.75, 3.05) is 11.9 Å². The van der Waals surface area contributed by atoms with Crippen LogP contribution in [0.5, 0.6) is 0 Å². The predicted molar refractivity (Wildman–Crippen MR) is 172 cm³/mol. The van der Waals surface area contributed by atoms with E-state index in [9.17, 15) is 9.59 Å². The molecule has 6 rings (SSSR count). The minimum absolute atomic E-state index is 0.235. The maximum Gasteiger partial charge on any atom is 0.263 e. The first-order chi connectivity index (χ1) is 21.2. The third-order valence-electron chi connectivity index (χ3n) is 7.52. The van der Waals surface area contributed by atoms with E-state index in [-0.39, 0.29) is 11.0 Å². The Morgan fingerprint density at radius 1 is 0.977 bits per heavy atom. The molecular formula is C33H30ClN7O3. The van der Waals surface area contributed by atoms with Crippen molar-refractivity contribution in [1.29, 1.82) is 0 Å². The number of hydrogen-bond donors (Lipinski definition) is 2. The van der Waals surface area contributed by atoms with E-state index in [0.29, 0.717) is 67.6 Å². The highest BCUT2D eigenvalue weighted by atomic mass is 35.5. The molecule has 0 radical (unpaired) electrons. The number of nitrogens with zero attached hydrogens (tertiary/aromatic N) is 5. The highest BCUT2D eigenvalue weighted by molar-refractivity contribution is 6.36. The molecule has 2 aromatic carbocycles. The number of aromatic amines is 1. The number of ether oxygens (including phenoxy) is 1. The van der Waals surface area contributed by atoms with Crippen LogP contribution < -0.4 is 16.3 Å². The lowest BCUT2D eigenvalue weighted by atomic mass is 9.99. The summed E-state index contributed by atoms with van der Waals surface area (Å²) in [6.07, 6.45) is 6.31. The summed E-state index contributed by atoms with van der Waals surface area (Å²) >= 11 is 7.21. The van der Waals surface area contributed by atoms with Gasteiger partial charge in [-0.25, -0.2) is 19.9 Å². The van der Waals surface area contributed by atoms with Gasteiger partial charge in [0, 0.05) is 47.9 Å². The zero-order chi connectivity index (χ0) is 31.0. The van der Waals surface area contributed by atoms with Gasteiger partial charge in [-0.2, -0.15) is 0 Å². The number of rotatable bonds is 8. The SMILES string of the molecule is CCOC(C)(C)c1ncc(-c2cccc3c(Cl)c([C@H](C)Nc4ncnc5[nH]ccc(=O)c45)n(-c4ccccc4)c(=O)c23)cn1. The average molecular weight is 608 g/mol. The van der Waals surface area contributed by atoms with Gasteiger partial charge in [-0.05, 0) is 45.4 Å². The summed E-state index contributed by atoms with van der Waals surface area (Å²) < 4.78 is 7.41. The molecule has 0 fully saturated rings. The summed E-state index contributed by atoms with van der Waals surface area (Å²) in [5.74, 6) is 0.870. The molecule has 0 unspecified atom stereocenters. The van der Waals surface area contributed by atoms with Crippen molar-refractivity contribution in [2.24, 2.45) is 0 Å². The van der Waals surface area contributed by atoms with Crippen molar-refractivity contribution in [3.05, 3.63) is 117 Å². The van der Waals surface area contributed by atoms with Gasteiger partial charge in [-0.15, -0.1) is 0 Å². The number of H-pyrrole nitrogens is 1. The minimum atomic E-state index is -0.659. The summed E-state index contributed by atoms with van der Waals surface area (Å²) in [6.45, 7) is 8.15. The van der Waals surface area contributed by atoms with Crippen molar-refractivity contribution in [3.8, 4) is 16.8 Å². The third kappa shape index (κ3) is 5.12. The third-order valence-corrected chi connectivity index (χ3v) is 7.91. The van der Waals surface area contributed by atoms with Gasteiger partial charge in [0.05, 0.1) is 22.1 Å². The number of para-hydroxylation sites is 1. The van der Waals surface area contributed by atoms with E-state index in [1.54, 1.807) is 17.0 Å². The number of nitrogens with one attached hydrogen (secondary N) is 2. The number of halogens is 1. The van der Waals surface area contributed by atoms with E-state index in [2.05, 4.69) is 30.2 Å². The molecule has 0 spiro atoms. The van der Waals surface area contributed by atoms with Crippen LogP contribution in [0.4, 0.5) is 5.82 Å². The molecule has 44 heavy (non-hydrogen) atoms. The Kier molecular flexibility index (Phi) is 7.71.